The third-order valence-electron chi connectivity index (χ3n) is 2.47. The summed E-state index contributed by atoms with van der Waals surface area (Å²) in [7, 11) is 3.47. The number of carbonyl (C=O) groups is 1. The van der Waals surface area contributed by atoms with Crippen LogP contribution >= 0.6 is 12.2 Å². The Labute approximate surface area is 120 Å². The molecule has 0 fully saturated rings. The van der Waals surface area contributed by atoms with Crippen LogP contribution in [0.15, 0.2) is 24.3 Å². The molecule has 0 radical (unpaired) electrons. The van der Waals surface area contributed by atoms with Crippen LogP contribution in [0.25, 0.3) is 0 Å². The quantitative estimate of drug-likeness (QED) is 0.830. The van der Waals surface area contributed by atoms with Crippen LogP contribution in [0.3, 0.4) is 0 Å². The average Bonchev–Trinajstić information content (AvgIpc) is 2.36. The Hall–Kier alpha value is -1.62. The van der Waals surface area contributed by atoms with Gasteiger partial charge in [-0.3, -0.25) is 4.79 Å². The van der Waals surface area contributed by atoms with Gasteiger partial charge in [-0.05, 0) is 42.4 Å². The van der Waals surface area contributed by atoms with Gasteiger partial charge in [0.15, 0.2) is 5.11 Å². The lowest BCUT2D eigenvalue weighted by Crippen LogP contribution is -2.31. The molecule has 1 amide bonds. The van der Waals surface area contributed by atoms with Gasteiger partial charge in [-0.15, -0.1) is 0 Å². The first kappa shape index (κ1) is 15.4. The predicted octanol–water partition coefficient (Wildman–Crippen LogP) is 2.33. The highest BCUT2D eigenvalue weighted by atomic mass is 32.1. The topological polar surface area (TPSA) is 44.4 Å². The highest BCUT2D eigenvalue weighted by Crippen LogP contribution is 2.10. The minimum Gasteiger partial charge on any atom is -0.362 e. The van der Waals surface area contributed by atoms with E-state index in [1.54, 1.807) is 31.1 Å². The first-order valence-corrected chi connectivity index (χ1v) is 6.67. The van der Waals surface area contributed by atoms with E-state index in [-0.39, 0.29) is 5.91 Å². The minimum atomic E-state index is -0.00735. The van der Waals surface area contributed by atoms with Crippen molar-refractivity contribution in [1.29, 1.82) is 0 Å². The van der Waals surface area contributed by atoms with Crippen molar-refractivity contribution in [3.05, 3.63) is 29.8 Å². The molecule has 0 bridgehead atoms. The molecule has 0 aliphatic carbocycles. The summed E-state index contributed by atoms with van der Waals surface area (Å²) < 4.78 is 0. The molecule has 2 N–H and O–H groups in total. The Kier molecular flexibility index (Phi) is 5.76. The minimum absolute atomic E-state index is 0.00735. The molecule has 0 saturated heterocycles. The van der Waals surface area contributed by atoms with Gasteiger partial charge in [0.2, 0.25) is 0 Å². The fourth-order valence-electron chi connectivity index (χ4n) is 1.43. The highest BCUT2D eigenvalue weighted by molar-refractivity contribution is 7.80. The van der Waals surface area contributed by atoms with Crippen LogP contribution < -0.4 is 10.6 Å². The molecule has 5 heteroatoms. The molecule has 0 aromatic heterocycles. The van der Waals surface area contributed by atoms with E-state index in [0.29, 0.717) is 16.6 Å². The second-order valence-corrected chi connectivity index (χ2v) is 5.41. The number of carbonyl (C=O) groups excluding carboxylic acids is 1. The van der Waals surface area contributed by atoms with Gasteiger partial charge < -0.3 is 15.5 Å². The normalized spacial score (nSPS) is 10.2. The summed E-state index contributed by atoms with van der Waals surface area (Å²) in [5.74, 6) is 0.534. The number of benzene rings is 1. The average molecular weight is 279 g/mol. The Balaban J connectivity index is 2.57. The lowest BCUT2D eigenvalue weighted by atomic mass is 10.2. The molecular formula is C14H21N3OS. The zero-order valence-electron chi connectivity index (χ0n) is 11.9. The summed E-state index contributed by atoms with van der Waals surface area (Å²) in [5, 5.41) is 6.82. The summed E-state index contributed by atoms with van der Waals surface area (Å²) in [6.45, 7) is 5.08. The number of hydrogen-bond acceptors (Lipinski definition) is 2. The van der Waals surface area contributed by atoms with Crippen LogP contribution in [0.4, 0.5) is 5.69 Å². The second-order valence-electron chi connectivity index (χ2n) is 5.01. The van der Waals surface area contributed by atoms with Crippen molar-refractivity contribution in [2.45, 2.75) is 13.8 Å². The number of hydrogen-bond donors (Lipinski definition) is 2. The Morgan fingerprint density at radius 2 is 1.84 bits per heavy atom. The Morgan fingerprint density at radius 3 is 2.32 bits per heavy atom. The fraction of sp³-hybridized carbons (Fsp3) is 0.429. The van der Waals surface area contributed by atoms with Crippen molar-refractivity contribution >= 4 is 28.9 Å². The molecule has 1 rings (SSSR count). The van der Waals surface area contributed by atoms with Gasteiger partial charge in [-0.2, -0.15) is 0 Å². The van der Waals surface area contributed by atoms with Gasteiger partial charge in [0.1, 0.15) is 0 Å². The molecule has 0 aliphatic heterocycles. The fourth-order valence-corrected chi connectivity index (χ4v) is 1.63. The first-order valence-electron chi connectivity index (χ1n) is 6.26. The van der Waals surface area contributed by atoms with E-state index in [1.807, 2.05) is 12.1 Å². The molecule has 104 valence electrons. The number of anilines is 1. The van der Waals surface area contributed by atoms with Gasteiger partial charge in [0.05, 0.1) is 0 Å². The monoisotopic (exact) mass is 279 g/mol. The van der Waals surface area contributed by atoms with E-state index in [4.69, 9.17) is 12.2 Å². The number of nitrogens with zero attached hydrogens (tertiary/aromatic N) is 1. The van der Waals surface area contributed by atoms with Crippen LogP contribution in [0, 0.1) is 5.92 Å². The molecule has 0 saturated carbocycles. The lowest BCUT2D eigenvalue weighted by Gasteiger charge is -2.13. The molecule has 1 aromatic carbocycles. The molecule has 0 heterocycles. The van der Waals surface area contributed by atoms with E-state index in [9.17, 15) is 4.79 Å². The zero-order valence-corrected chi connectivity index (χ0v) is 12.7. The molecule has 0 spiro atoms. The molecule has 0 aliphatic rings. The van der Waals surface area contributed by atoms with Crippen LogP contribution in [-0.4, -0.2) is 36.6 Å². The van der Waals surface area contributed by atoms with Gasteiger partial charge in [0.25, 0.3) is 5.91 Å². The second kappa shape index (κ2) is 7.09. The maximum Gasteiger partial charge on any atom is 0.253 e. The van der Waals surface area contributed by atoms with E-state index in [2.05, 4.69) is 24.5 Å². The summed E-state index contributed by atoms with van der Waals surface area (Å²) in [4.78, 5) is 13.3. The largest absolute Gasteiger partial charge is 0.362 e. The van der Waals surface area contributed by atoms with Gasteiger partial charge in [0, 0.05) is 31.9 Å². The first-order chi connectivity index (χ1) is 8.90. The summed E-state index contributed by atoms with van der Waals surface area (Å²) >= 11 is 5.18. The summed E-state index contributed by atoms with van der Waals surface area (Å²) in [6, 6.07) is 7.27. The predicted molar refractivity (Wildman–Crippen MR) is 83.5 cm³/mol. The molecule has 1 aromatic rings. The Morgan fingerprint density at radius 1 is 1.26 bits per heavy atom. The van der Waals surface area contributed by atoms with Crippen molar-refractivity contribution in [3.8, 4) is 0 Å². The van der Waals surface area contributed by atoms with Crippen molar-refractivity contribution in [2.75, 3.05) is 26.0 Å². The standard InChI is InChI=1S/C14H21N3OS/c1-10(2)9-15-14(19)16-12-7-5-11(6-8-12)13(18)17(3)4/h5-8,10H,9H2,1-4H3,(H2,15,16,19). The van der Waals surface area contributed by atoms with Gasteiger partial charge in [-0.25, -0.2) is 0 Å². The van der Waals surface area contributed by atoms with Crippen molar-refractivity contribution in [1.82, 2.24) is 10.2 Å². The zero-order chi connectivity index (χ0) is 14.4. The highest BCUT2D eigenvalue weighted by Gasteiger charge is 2.07. The summed E-state index contributed by atoms with van der Waals surface area (Å²) in [5.41, 5.74) is 1.54. The van der Waals surface area contributed by atoms with Crippen molar-refractivity contribution < 1.29 is 4.79 Å². The number of nitrogens with one attached hydrogen (secondary N) is 2. The van der Waals surface area contributed by atoms with E-state index < -0.39 is 0 Å². The number of thiocarbonyl (C=S) groups is 1. The number of amides is 1. The molecule has 19 heavy (non-hydrogen) atoms. The third kappa shape index (κ3) is 5.26. The van der Waals surface area contributed by atoms with Gasteiger partial charge >= 0.3 is 0 Å². The van der Waals surface area contributed by atoms with Gasteiger partial charge in [-0.1, -0.05) is 13.8 Å². The smallest absolute Gasteiger partial charge is 0.253 e. The number of rotatable bonds is 4. The SMILES string of the molecule is CC(C)CNC(=S)Nc1ccc(C(=O)N(C)C)cc1. The van der Waals surface area contributed by atoms with Crippen LogP contribution in [-0.2, 0) is 0 Å². The van der Waals surface area contributed by atoms with Crippen LogP contribution in [0.2, 0.25) is 0 Å². The van der Waals surface area contributed by atoms with Crippen molar-refractivity contribution in [2.24, 2.45) is 5.92 Å². The Bertz CT molecular complexity index is 441. The maximum absolute atomic E-state index is 11.7. The van der Waals surface area contributed by atoms with E-state index in [1.165, 1.54) is 0 Å². The molecular weight excluding hydrogens is 258 g/mol. The maximum atomic E-state index is 11.7. The van der Waals surface area contributed by atoms with E-state index in [0.717, 1.165) is 12.2 Å². The van der Waals surface area contributed by atoms with Crippen molar-refractivity contribution in [3.63, 3.8) is 0 Å². The van der Waals surface area contributed by atoms with E-state index >= 15 is 0 Å². The summed E-state index contributed by atoms with van der Waals surface area (Å²) in [6.07, 6.45) is 0. The van der Waals surface area contributed by atoms with Crippen LogP contribution in [0.5, 0.6) is 0 Å². The lowest BCUT2D eigenvalue weighted by molar-refractivity contribution is 0.0827. The molecule has 4 nitrogen and oxygen atoms in total. The molecule has 0 unspecified atom stereocenters. The molecule has 0 atom stereocenters. The third-order valence-corrected chi connectivity index (χ3v) is 2.71. The van der Waals surface area contributed by atoms with Crippen LogP contribution in [0.1, 0.15) is 24.2 Å².